The van der Waals surface area contributed by atoms with Crippen LogP contribution in [-0.2, 0) is 13.5 Å². The molecule has 0 radical (unpaired) electrons. The number of fused-ring (bicyclic) bond motifs is 1. The van der Waals surface area contributed by atoms with Crippen molar-refractivity contribution in [3.8, 4) is 0 Å². The summed E-state index contributed by atoms with van der Waals surface area (Å²) < 4.78 is 1.99. The van der Waals surface area contributed by atoms with Gasteiger partial charge in [0.2, 0.25) is 0 Å². The molecule has 80 valence electrons. The molecule has 1 heterocycles. The van der Waals surface area contributed by atoms with E-state index in [0.29, 0.717) is 5.92 Å². The zero-order chi connectivity index (χ0) is 11.0. The quantitative estimate of drug-likeness (QED) is 0.731. The molecule has 0 aliphatic rings. The first-order valence-electron chi connectivity index (χ1n) is 5.59. The Morgan fingerprint density at radius 1 is 1.33 bits per heavy atom. The van der Waals surface area contributed by atoms with Gasteiger partial charge in [-0.15, -0.1) is 0 Å². The second-order valence-electron chi connectivity index (χ2n) is 4.32. The fraction of sp³-hybridized carbons (Fsp3) is 0.462. The van der Waals surface area contributed by atoms with Crippen LogP contribution in [0, 0.1) is 0 Å². The monoisotopic (exact) mass is 202 g/mol. The van der Waals surface area contributed by atoms with Gasteiger partial charge >= 0.3 is 0 Å². The normalized spacial score (nSPS) is 11.5. The molecule has 0 saturated carbocycles. The van der Waals surface area contributed by atoms with Gasteiger partial charge in [0.1, 0.15) is 0 Å². The third-order valence-corrected chi connectivity index (χ3v) is 2.94. The summed E-state index contributed by atoms with van der Waals surface area (Å²) in [5.41, 5.74) is 3.88. The van der Waals surface area contributed by atoms with Crippen molar-refractivity contribution in [2.45, 2.75) is 33.1 Å². The van der Waals surface area contributed by atoms with Gasteiger partial charge in [-0.05, 0) is 24.0 Å². The van der Waals surface area contributed by atoms with Crippen molar-refractivity contribution in [3.63, 3.8) is 0 Å². The van der Waals surface area contributed by atoms with Crippen molar-refractivity contribution >= 4 is 10.9 Å². The molecule has 0 amide bonds. The van der Waals surface area contributed by atoms with Crippen molar-refractivity contribution < 1.29 is 0 Å². The maximum atomic E-state index is 4.57. The minimum absolute atomic E-state index is 0.559. The predicted octanol–water partition coefficient (Wildman–Crippen LogP) is 3.26. The van der Waals surface area contributed by atoms with Crippen LogP contribution in [0.25, 0.3) is 10.9 Å². The van der Waals surface area contributed by atoms with Crippen LogP contribution in [0.2, 0.25) is 0 Å². The van der Waals surface area contributed by atoms with Crippen LogP contribution in [-0.4, -0.2) is 9.78 Å². The van der Waals surface area contributed by atoms with Crippen LogP contribution in [0.5, 0.6) is 0 Å². The largest absolute Gasteiger partial charge is 0.268 e. The van der Waals surface area contributed by atoms with Crippen molar-refractivity contribution in [2.75, 3.05) is 0 Å². The lowest BCUT2D eigenvalue weighted by molar-refractivity contribution is 0.770. The van der Waals surface area contributed by atoms with Gasteiger partial charge in [0.25, 0.3) is 0 Å². The lowest BCUT2D eigenvalue weighted by Crippen LogP contribution is -1.90. The number of benzene rings is 1. The fourth-order valence-electron chi connectivity index (χ4n) is 2.16. The number of aryl methyl sites for hydroxylation is 2. The molecule has 0 aliphatic carbocycles. The third-order valence-electron chi connectivity index (χ3n) is 2.94. The highest BCUT2D eigenvalue weighted by molar-refractivity contribution is 5.86. The van der Waals surface area contributed by atoms with Crippen LogP contribution in [0.3, 0.4) is 0 Å². The molecule has 2 nitrogen and oxygen atoms in total. The molecule has 0 atom stereocenters. The molecule has 0 spiro atoms. The Bertz CT molecular complexity index is 480. The van der Waals surface area contributed by atoms with Gasteiger partial charge < -0.3 is 0 Å². The van der Waals surface area contributed by atoms with Gasteiger partial charge in [-0.3, -0.25) is 4.68 Å². The first-order chi connectivity index (χ1) is 7.15. The number of hydrogen-bond acceptors (Lipinski definition) is 1. The molecule has 0 saturated heterocycles. The van der Waals surface area contributed by atoms with Gasteiger partial charge in [0.15, 0.2) is 0 Å². The van der Waals surface area contributed by atoms with Crippen molar-refractivity contribution in [1.82, 2.24) is 9.78 Å². The van der Waals surface area contributed by atoms with Gasteiger partial charge in [-0.2, -0.15) is 5.10 Å². The first kappa shape index (κ1) is 10.2. The fourth-order valence-corrected chi connectivity index (χ4v) is 2.16. The van der Waals surface area contributed by atoms with E-state index in [1.54, 1.807) is 0 Å². The molecule has 0 fully saturated rings. The zero-order valence-electron chi connectivity index (χ0n) is 9.91. The van der Waals surface area contributed by atoms with E-state index in [1.807, 2.05) is 11.7 Å². The number of hydrogen-bond donors (Lipinski definition) is 0. The van der Waals surface area contributed by atoms with E-state index in [2.05, 4.69) is 44.1 Å². The Morgan fingerprint density at radius 2 is 2.07 bits per heavy atom. The van der Waals surface area contributed by atoms with E-state index in [0.717, 1.165) is 6.42 Å². The van der Waals surface area contributed by atoms with Crippen LogP contribution < -0.4 is 0 Å². The summed E-state index contributed by atoms with van der Waals surface area (Å²) in [6.45, 7) is 6.64. The summed E-state index contributed by atoms with van der Waals surface area (Å²) in [5, 5.41) is 5.93. The van der Waals surface area contributed by atoms with Gasteiger partial charge in [0.05, 0.1) is 11.2 Å². The van der Waals surface area contributed by atoms with Crippen LogP contribution in [0.15, 0.2) is 18.2 Å². The highest BCUT2D eigenvalue weighted by Crippen LogP contribution is 2.28. The van der Waals surface area contributed by atoms with E-state index in [4.69, 9.17) is 0 Å². The average molecular weight is 202 g/mol. The standard InChI is InChI=1S/C13H18N2/c1-5-11-13-10(9(2)3)7-6-8-12(13)15(4)14-11/h6-9H,5H2,1-4H3. The molecular weight excluding hydrogens is 184 g/mol. The molecular formula is C13H18N2. The Balaban J connectivity index is 2.82. The summed E-state index contributed by atoms with van der Waals surface area (Å²) in [5.74, 6) is 0.559. The zero-order valence-corrected chi connectivity index (χ0v) is 9.91. The molecule has 0 bridgehead atoms. The summed E-state index contributed by atoms with van der Waals surface area (Å²) in [6, 6.07) is 6.49. The Kier molecular flexibility index (Phi) is 2.51. The first-order valence-corrected chi connectivity index (χ1v) is 5.59. The third kappa shape index (κ3) is 1.54. The molecule has 1 aromatic heterocycles. The molecule has 2 rings (SSSR count). The van der Waals surface area contributed by atoms with E-state index < -0.39 is 0 Å². The summed E-state index contributed by atoms with van der Waals surface area (Å²) in [7, 11) is 2.02. The topological polar surface area (TPSA) is 17.8 Å². The maximum Gasteiger partial charge on any atom is 0.0703 e. The highest BCUT2D eigenvalue weighted by atomic mass is 15.3. The molecule has 2 heteroatoms. The average Bonchev–Trinajstić information content (AvgIpc) is 2.55. The molecule has 0 unspecified atom stereocenters. The van der Waals surface area contributed by atoms with E-state index >= 15 is 0 Å². The number of rotatable bonds is 2. The Hall–Kier alpha value is -1.31. The van der Waals surface area contributed by atoms with Gasteiger partial charge in [-0.25, -0.2) is 0 Å². The van der Waals surface area contributed by atoms with E-state index in [1.165, 1.54) is 22.2 Å². The maximum absolute atomic E-state index is 4.57. The van der Waals surface area contributed by atoms with Crippen molar-refractivity contribution in [2.24, 2.45) is 7.05 Å². The minimum atomic E-state index is 0.559. The van der Waals surface area contributed by atoms with Crippen molar-refractivity contribution in [1.29, 1.82) is 0 Å². The number of aromatic nitrogens is 2. The predicted molar refractivity (Wildman–Crippen MR) is 64.2 cm³/mol. The van der Waals surface area contributed by atoms with Crippen LogP contribution in [0.4, 0.5) is 0 Å². The SMILES string of the molecule is CCc1nn(C)c2cccc(C(C)C)c12. The minimum Gasteiger partial charge on any atom is -0.268 e. The highest BCUT2D eigenvalue weighted by Gasteiger charge is 2.12. The van der Waals surface area contributed by atoms with E-state index in [9.17, 15) is 0 Å². The molecule has 0 aliphatic heterocycles. The van der Waals surface area contributed by atoms with Crippen LogP contribution in [0.1, 0.15) is 37.9 Å². The summed E-state index contributed by atoms with van der Waals surface area (Å²) in [4.78, 5) is 0. The lowest BCUT2D eigenvalue weighted by Gasteiger charge is -2.07. The van der Waals surface area contributed by atoms with Gasteiger partial charge in [0, 0.05) is 12.4 Å². The Morgan fingerprint density at radius 3 is 2.67 bits per heavy atom. The molecule has 0 N–H and O–H groups in total. The second kappa shape index (κ2) is 3.69. The molecule has 2 aromatic rings. The molecule has 15 heavy (non-hydrogen) atoms. The van der Waals surface area contributed by atoms with Gasteiger partial charge in [-0.1, -0.05) is 32.9 Å². The number of nitrogens with zero attached hydrogens (tertiary/aromatic N) is 2. The Labute approximate surface area is 90.9 Å². The summed E-state index contributed by atoms with van der Waals surface area (Å²) >= 11 is 0. The second-order valence-corrected chi connectivity index (χ2v) is 4.32. The van der Waals surface area contributed by atoms with Crippen molar-refractivity contribution in [3.05, 3.63) is 29.5 Å². The van der Waals surface area contributed by atoms with E-state index in [-0.39, 0.29) is 0 Å². The molecule has 1 aromatic carbocycles. The van der Waals surface area contributed by atoms with Crippen LogP contribution >= 0.6 is 0 Å². The summed E-state index contributed by atoms with van der Waals surface area (Å²) in [6.07, 6.45) is 1.00. The lowest BCUT2D eigenvalue weighted by atomic mass is 9.97. The smallest absolute Gasteiger partial charge is 0.0703 e.